The lowest BCUT2D eigenvalue weighted by Crippen LogP contribution is -2.06. The van der Waals surface area contributed by atoms with E-state index in [0.29, 0.717) is 18.3 Å². The minimum Gasteiger partial charge on any atom is -0.333 e. The van der Waals surface area contributed by atoms with Crippen LogP contribution in [0.4, 0.5) is 0 Å². The van der Waals surface area contributed by atoms with Crippen LogP contribution in [0.3, 0.4) is 0 Å². The Morgan fingerprint density at radius 1 is 1.57 bits per heavy atom. The molecule has 2 rings (SSSR count). The molecule has 1 N–H and O–H groups in total. The zero-order valence-corrected chi connectivity index (χ0v) is 8.76. The van der Waals surface area contributed by atoms with E-state index < -0.39 is 0 Å². The first kappa shape index (κ1) is 9.29. The van der Waals surface area contributed by atoms with Gasteiger partial charge in [0.05, 0.1) is 17.7 Å². The van der Waals surface area contributed by atoms with Gasteiger partial charge in [0.2, 0.25) is 0 Å². The van der Waals surface area contributed by atoms with Crippen LogP contribution >= 0.6 is 11.3 Å². The lowest BCUT2D eigenvalue weighted by molar-refractivity contribution is 0.421. The summed E-state index contributed by atoms with van der Waals surface area (Å²) in [6.45, 7) is 2.54. The van der Waals surface area contributed by atoms with Gasteiger partial charge in [0.15, 0.2) is 5.82 Å². The molecule has 0 unspecified atom stereocenters. The highest BCUT2D eigenvalue weighted by Gasteiger charge is 2.12. The van der Waals surface area contributed by atoms with Gasteiger partial charge in [0, 0.05) is 0 Å². The van der Waals surface area contributed by atoms with Gasteiger partial charge in [-0.3, -0.25) is 0 Å². The summed E-state index contributed by atoms with van der Waals surface area (Å²) in [6, 6.07) is 0. The van der Waals surface area contributed by atoms with Crippen molar-refractivity contribution in [3.63, 3.8) is 0 Å². The summed E-state index contributed by atoms with van der Waals surface area (Å²) in [6.07, 6.45) is 0. The molecule has 0 saturated heterocycles. The van der Waals surface area contributed by atoms with Crippen LogP contribution in [0, 0.1) is 6.92 Å². The molecule has 14 heavy (non-hydrogen) atoms. The van der Waals surface area contributed by atoms with Crippen LogP contribution in [0.25, 0.3) is 10.8 Å². The third-order valence-corrected chi connectivity index (χ3v) is 2.66. The van der Waals surface area contributed by atoms with E-state index >= 15 is 0 Å². The summed E-state index contributed by atoms with van der Waals surface area (Å²) in [7, 11) is 1.84. The van der Waals surface area contributed by atoms with E-state index in [1.165, 1.54) is 11.3 Å². The van der Waals surface area contributed by atoms with E-state index in [1.54, 1.807) is 5.51 Å². The molecule has 0 atom stereocenters. The standard InChI is InChI=1S/C8H10N4OS/c1-5-7(14-4-10-5)8-11-6(3-9-2)12-13-8/h4,9H,3H2,1-2H3. The average molecular weight is 210 g/mol. The highest BCUT2D eigenvalue weighted by Crippen LogP contribution is 2.24. The molecule has 0 bridgehead atoms. The fourth-order valence-corrected chi connectivity index (χ4v) is 1.81. The molecule has 74 valence electrons. The van der Waals surface area contributed by atoms with E-state index in [0.717, 1.165) is 10.6 Å². The van der Waals surface area contributed by atoms with E-state index in [-0.39, 0.29) is 0 Å². The smallest absolute Gasteiger partial charge is 0.269 e. The number of nitrogens with zero attached hydrogens (tertiary/aromatic N) is 3. The molecule has 0 saturated carbocycles. The molecule has 0 radical (unpaired) electrons. The Morgan fingerprint density at radius 3 is 3.07 bits per heavy atom. The number of thiazole rings is 1. The van der Waals surface area contributed by atoms with E-state index in [2.05, 4.69) is 20.4 Å². The summed E-state index contributed by atoms with van der Waals surface area (Å²) in [5.41, 5.74) is 2.70. The molecule has 0 aromatic carbocycles. The second kappa shape index (κ2) is 3.85. The minimum absolute atomic E-state index is 0.551. The number of aryl methyl sites for hydroxylation is 1. The molecule has 2 heterocycles. The Morgan fingerprint density at radius 2 is 2.43 bits per heavy atom. The van der Waals surface area contributed by atoms with Crippen LogP contribution in [0.1, 0.15) is 11.5 Å². The van der Waals surface area contributed by atoms with Crippen LogP contribution < -0.4 is 5.32 Å². The van der Waals surface area contributed by atoms with Crippen LogP contribution in [0.2, 0.25) is 0 Å². The predicted octanol–water partition coefficient (Wildman–Crippen LogP) is 1.22. The lowest BCUT2D eigenvalue weighted by Gasteiger charge is -1.88. The normalized spacial score (nSPS) is 10.7. The highest BCUT2D eigenvalue weighted by molar-refractivity contribution is 7.13. The van der Waals surface area contributed by atoms with Crippen molar-refractivity contribution in [3.05, 3.63) is 17.0 Å². The maximum Gasteiger partial charge on any atom is 0.269 e. The van der Waals surface area contributed by atoms with Crippen LogP contribution in [-0.2, 0) is 6.54 Å². The first-order chi connectivity index (χ1) is 6.81. The van der Waals surface area contributed by atoms with Gasteiger partial charge in [0.25, 0.3) is 5.89 Å². The number of nitrogens with one attached hydrogen (secondary N) is 1. The molecule has 0 spiro atoms. The monoisotopic (exact) mass is 210 g/mol. The zero-order valence-electron chi connectivity index (χ0n) is 7.94. The van der Waals surface area contributed by atoms with Gasteiger partial charge < -0.3 is 9.84 Å². The maximum absolute atomic E-state index is 5.11. The molecular weight excluding hydrogens is 200 g/mol. The second-order valence-electron chi connectivity index (χ2n) is 2.81. The summed E-state index contributed by atoms with van der Waals surface area (Å²) >= 11 is 1.51. The van der Waals surface area contributed by atoms with E-state index in [1.807, 2.05) is 14.0 Å². The fraction of sp³-hybridized carbons (Fsp3) is 0.375. The van der Waals surface area contributed by atoms with Gasteiger partial charge >= 0.3 is 0 Å². The SMILES string of the molecule is CNCc1noc(-c2scnc2C)n1. The first-order valence-electron chi connectivity index (χ1n) is 4.19. The van der Waals surface area contributed by atoms with Crippen molar-refractivity contribution in [2.75, 3.05) is 7.05 Å². The van der Waals surface area contributed by atoms with Crippen molar-refractivity contribution in [3.8, 4) is 10.8 Å². The second-order valence-corrected chi connectivity index (χ2v) is 3.67. The van der Waals surface area contributed by atoms with Gasteiger partial charge in [-0.25, -0.2) is 4.98 Å². The minimum atomic E-state index is 0.551. The maximum atomic E-state index is 5.11. The van der Waals surface area contributed by atoms with E-state index in [4.69, 9.17) is 4.52 Å². The van der Waals surface area contributed by atoms with Gasteiger partial charge in [-0.05, 0) is 14.0 Å². The zero-order chi connectivity index (χ0) is 9.97. The Bertz CT molecular complexity index is 422. The molecule has 0 aliphatic carbocycles. The van der Waals surface area contributed by atoms with Gasteiger partial charge in [-0.15, -0.1) is 11.3 Å². The van der Waals surface area contributed by atoms with Crippen molar-refractivity contribution >= 4 is 11.3 Å². The summed E-state index contributed by atoms with van der Waals surface area (Å²) in [5.74, 6) is 1.21. The molecule has 0 amide bonds. The van der Waals surface area contributed by atoms with Crippen molar-refractivity contribution in [1.29, 1.82) is 0 Å². The highest BCUT2D eigenvalue weighted by atomic mass is 32.1. The van der Waals surface area contributed by atoms with Crippen molar-refractivity contribution in [2.24, 2.45) is 0 Å². The van der Waals surface area contributed by atoms with E-state index in [9.17, 15) is 0 Å². The third-order valence-electron chi connectivity index (χ3n) is 1.74. The predicted molar refractivity (Wildman–Crippen MR) is 52.9 cm³/mol. The first-order valence-corrected chi connectivity index (χ1v) is 5.07. The van der Waals surface area contributed by atoms with Crippen molar-refractivity contribution in [1.82, 2.24) is 20.4 Å². The number of hydrogen-bond donors (Lipinski definition) is 1. The molecular formula is C8H10N4OS. The average Bonchev–Trinajstić information content (AvgIpc) is 2.74. The quantitative estimate of drug-likeness (QED) is 0.825. The number of aromatic nitrogens is 3. The fourth-order valence-electron chi connectivity index (χ4n) is 1.08. The largest absolute Gasteiger partial charge is 0.333 e. The molecule has 0 fully saturated rings. The van der Waals surface area contributed by atoms with Crippen molar-refractivity contribution in [2.45, 2.75) is 13.5 Å². The van der Waals surface area contributed by atoms with Gasteiger partial charge in [-0.2, -0.15) is 4.98 Å². The third kappa shape index (κ3) is 1.66. The van der Waals surface area contributed by atoms with Gasteiger partial charge in [0.1, 0.15) is 4.88 Å². The molecule has 2 aromatic heterocycles. The Labute approximate surface area is 85.2 Å². The Balaban J connectivity index is 2.29. The van der Waals surface area contributed by atoms with Gasteiger partial charge in [-0.1, -0.05) is 5.16 Å². The molecule has 6 heteroatoms. The summed E-state index contributed by atoms with van der Waals surface area (Å²) in [4.78, 5) is 9.30. The molecule has 0 aliphatic heterocycles. The molecule has 5 nitrogen and oxygen atoms in total. The number of rotatable bonds is 3. The summed E-state index contributed by atoms with van der Waals surface area (Å²) < 4.78 is 5.11. The lowest BCUT2D eigenvalue weighted by atomic mass is 10.4. The molecule has 0 aliphatic rings. The van der Waals surface area contributed by atoms with Crippen LogP contribution in [0.5, 0.6) is 0 Å². The number of hydrogen-bond acceptors (Lipinski definition) is 6. The molecule has 2 aromatic rings. The van der Waals surface area contributed by atoms with Crippen LogP contribution in [-0.4, -0.2) is 22.2 Å². The van der Waals surface area contributed by atoms with Crippen LogP contribution in [0.15, 0.2) is 10.0 Å². The Kier molecular flexibility index (Phi) is 2.55. The van der Waals surface area contributed by atoms with Crippen molar-refractivity contribution < 1.29 is 4.52 Å². The topological polar surface area (TPSA) is 63.8 Å². The summed E-state index contributed by atoms with van der Waals surface area (Å²) in [5, 5.41) is 6.79. The Hall–Kier alpha value is -1.27.